The van der Waals surface area contributed by atoms with Crippen molar-refractivity contribution in [3.8, 4) is 28.1 Å². The van der Waals surface area contributed by atoms with E-state index in [4.69, 9.17) is 11.6 Å². The summed E-state index contributed by atoms with van der Waals surface area (Å²) in [7, 11) is 0. The van der Waals surface area contributed by atoms with Gasteiger partial charge in [-0.3, -0.25) is 9.67 Å². The fourth-order valence-corrected chi connectivity index (χ4v) is 4.51. The SMILES string of the molecule is Fc1ccc(CC(c2ccc(-c3c(-n4cnnn4)ccc(Cl)c3F)cn2)n2cc(-c3cn(C(F)F)nn3)cn2)cc1. The molecule has 0 aliphatic heterocycles. The minimum Gasteiger partial charge on any atom is -0.263 e. The Kier molecular flexibility index (Phi) is 6.97. The van der Waals surface area contributed by atoms with E-state index < -0.39 is 18.4 Å². The van der Waals surface area contributed by atoms with Crippen molar-refractivity contribution in [3.05, 3.63) is 108 Å². The number of hydrogen-bond donors (Lipinski definition) is 0. The van der Waals surface area contributed by atoms with E-state index in [-0.39, 0.29) is 22.1 Å². The lowest BCUT2D eigenvalue weighted by Crippen LogP contribution is -2.15. The van der Waals surface area contributed by atoms with Gasteiger partial charge < -0.3 is 0 Å². The van der Waals surface area contributed by atoms with Crippen LogP contribution < -0.4 is 0 Å². The molecule has 15 heteroatoms. The van der Waals surface area contributed by atoms with Crippen LogP contribution in [0.3, 0.4) is 0 Å². The van der Waals surface area contributed by atoms with Gasteiger partial charge in [-0.25, -0.2) is 8.78 Å². The molecule has 4 aromatic heterocycles. The summed E-state index contributed by atoms with van der Waals surface area (Å²) >= 11 is 6.08. The molecule has 0 bridgehead atoms. The van der Waals surface area contributed by atoms with Crippen molar-refractivity contribution in [2.75, 3.05) is 0 Å². The highest BCUT2D eigenvalue weighted by Gasteiger charge is 2.22. The van der Waals surface area contributed by atoms with Crippen LogP contribution in [0.4, 0.5) is 17.6 Å². The summed E-state index contributed by atoms with van der Waals surface area (Å²) in [6, 6.07) is 11.9. The summed E-state index contributed by atoms with van der Waals surface area (Å²) in [5.41, 5.74) is 2.96. The molecule has 0 aliphatic carbocycles. The molecule has 0 amide bonds. The van der Waals surface area contributed by atoms with Crippen LogP contribution in [-0.2, 0) is 6.42 Å². The standard InChI is InChI=1S/C26H17ClF4N10/c27-19-6-8-22(41-14-33-36-38-41)24(25(19)29)16-3-7-20(32-10-16)23(9-15-1-4-18(28)5-2-15)39-12-17(11-34-39)21-13-40(26(30)31)37-35-21/h1-8,10-14,23,26H,9H2. The predicted octanol–water partition coefficient (Wildman–Crippen LogP) is 5.34. The Balaban J connectivity index is 1.38. The average molecular weight is 581 g/mol. The molecule has 0 spiro atoms. The first-order chi connectivity index (χ1) is 19.9. The molecule has 6 rings (SSSR count). The highest BCUT2D eigenvalue weighted by molar-refractivity contribution is 6.31. The molecule has 10 nitrogen and oxygen atoms in total. The maximum absolute atomic E-state index is 15.3. The van der Waals surface area contributed by atoms with Crippen molar-refractivity contribution in [1.29, 1.82) is 0 Å². The first-order valence-corrected chi connectivity index (χ1v) is 12.4. The van der Waals surface area contributed by atoms with E-state index in [0.717, 1.165) is 11.8 Å². The third kappa shape index (κ3) is 5.28. The molecular weight excluding hydrogens is 564 g/mol. The summed E-state index contributed by atoms with van der Waals surface area (Å²) in [4.78, 5) is 4.61. The third-order valence-corrected chi connectivity index (χ3v) is 6.65. The fourth-order valence-electron chi connectivity index (χ4n) is 4.35. The molecule has 0 N–H and O–H groups in total. The monoisotopic (exact) mass is 580 g/mol. The number of rotatable bonds is 8. The van der Waals surface area contributed by atoms with Gasteiger partial charge in [0, 0.05) is 35.5 Å². The second-order valence-corrected chi connectivity index (χ2v) is 9.31. The van der Waals surface area contributed by atoms with Crippen molar-refractivity contribution >= 4 is 11.6 Å². The molecule has 0 fully saturated rings. The third-order valence-electron chi connectivity index (χ3n) is 6.35. The molecular formula is C26H17ClF4N10. The maximum atomic E-state index is 15.3. The molecule has 206 valence electrons. The van der Waals surface area contributed by atoms with Crippen molar-refractivity contribution in [2.24, 2.45) is 0 Å². The fraction of sp³-hybridized carbons (Fsp3) is 0.115. The minimum atomic E-state index is -2.83. The second-order valence-electron chi connectivity index (χ2n) is 8.90. The topological polar surface area (TPSA) is 105 Å². The van der Waals surface area contributed by atoms with Crippen LogP contribution in [0.25, 0.3) is 28.1 Å². The zero-order valence-corrected chi connectivity index (χ0v) is 21.5. The van der Waals surface area contributed by atoms with Gasteiger partial charge in [-0.1, -0.05) is 35.0 Å². The van der Waals surface area contributed by atoms with Gasteiger partial charge in [0.05, 0.1) is 34.8 Å². The Labute approximate surface area is 233 Å². The molecule has 0 radical (unpaired) electrons. The van der Waals surface area contributed by atoms with E-state index in [1.54, 1.807) is 41.2 Å². The van der Waals surface area contributed by atoms with Gasteiger partial charge in [-0.2, -0.15) is 23.2 Å². The van der Waals surface area contributed by atoms with Gasteiger partial charge >= 0.3 is 6.55 Å². The van der Waals surface area contributed by atoms with Crippen molar-refractivity contribution < 1.29 is 17.6 Å². The Bertz CT molecular complexity index is 1780. The van der Waals surface area contributed by atoms with Gasteiger partial charge in [0.25, 0.3) is 0 Å². The number of halogens is 5. The number of aromatic nitrogens is 10. The molecule has 1 unspecified atom stereocenters. The smallest absolute Gasteiger partial charge is 0.263 e. The Morgan fingerprint density at radius 3 is 2.37 bits per heavy atom. The molecule has 0 saturated heterocycles. The van der Waals surface area contributed by atoms with Crippen LogP contribution >= 0.6 is 11.6 Å². The van der Waals surface area contributed by atoms with Crippen LogP contribution in [0, 0.1) is 11.6 Å². The predicted molar refractivity (Wildman–Crippen MR) is 138 cm³/mol. The summed E-state index contributed by atoms with van der Waals surface area (Å²) < 4.78 is 58.2. The number of pyridine rings is 1. The highest BCUT2D eigenvalue weighted by Crippen LogP contribution is 2.34. The lowest BCUT2D eigenvalue weighted by molar-refractivity contribution is 0.0546. The lowest BCUT2D eigenvalue weighted by atomic mass is 10.0. The Hall–Kier alpha value is -4.98. The number of alkyl halides is 2. The molecule has 6 aromatic rings. The Morgan fingerprint density at radius 2 is 1.68 bits per heavy atom. The van der Waals surface area contributed by atoms with Crippen molar-refractivity contribution in [2.45, 2.75) is 19.0 Å². The van der Waals surface area contributed by atoms with Gasteiger partial charge in [0.1, 0.15) is 17.8 Å². The van der Waals surface area contributed by atoms with E-state index in [0.29, 0.717) is 33.6 Å². The van der Waals surface area contributed by atoms with Gasteiger partial charge in [0.2, 0.25) is 0 Å². The molecule has 0 aliphatic rings. The molecule has 1 atom stereocenters. The van der Waals surface area contributed by atoms with Gasteiger partial charge in [-0.15, -0.1) is 10.2 Å². The zero-order chi connectivity index (χ0) is 28.5. The number of benzene rings is 2. The van der Waals surface area contributed by atoms with Crippen LogP contribution in [0.15, 0.2) is 79.6 Å². The van der Waals surface area contributed by atoms with Gasteiger partial charge in [-0.05, 0) is 46.3 Å². The average Bonchev–Trinajstić information content (AvgIpc) is 3.76. The zero-order valence-electron chi connectivity index (χ0n) is 20.7. The lowest BCUT2D eigenvalue weighted by Gasteiger charge is -2.18. The highest BCUT2D eigenvalue weighted by atomic mass is 35.5. The molecule has 41 heavy (non-hydrogen) atoms. The van der Waals surface area contributed by atoms with Crippen LogP contribution in [0.1, 0.15) is 23.8 Å². The van der Waals surface area contributed by atoms with E-state index in [9.17, 15) is 13.2 Å². The van der Waals surface area contributed by atoms with Crippen molar-refractivity contribution in [1.82, 2.24) is 50.0 Å². The van der Waals surface area contributed by atoms with Gasteiger partial charge in [0.15, 0.2) is 5.82 Å². The maximum Gasteiger partial charge on any atom is 0.334 e. The normalized spacial score (nSPS) is 12.2. The first-order valence-electron chi connectivity index (χ1n) is 12.0. The van der Waals surface area contributed by atoms with Crippen LogP contribution in [0.5, 0.6) is 0 Å². The minimum absolute atomic E-state index is 0.0806. The van der Waals surface area contributed by atoms with E-state index >= 15 is 4.39 Å². The summed E-state index contributed by atoms with van der Waals surface area (Å²) in [6.07, 6.45) is 7.42. The summed E-state index contributed by atoms with van der Waals surface area (Å²) in [5.74, 6) is -1.04. The van der Waals surface area contributed by atoms with Crippen LogP contribution in [0.2, 0.25) is 5.02 Å². The first kappa shape index (κ1) is 26.3. The van der Waals surface area contributed by atoms with Crippen LogP contribution in [-0.4, -0.2) is 50.0 Å². The number of hydrogen-bond acceptors (Lipinski definition) is 7. The van der Waals surface area contributed by atoms with E-state index in [2.05, 4.69) is 35.9 Å². The number of tetrazole rings is 1. The molecule has 2 aromatic carbocycles. The quantitative estimate of drug-likeness (QED) is 0.224. The van der Waals surface area contributed by atoms with Crippen molar-refractivity contribution in [3.63, 3.8) is 0 Å². The Morgan fingerprint density at radius 1 is 0.854 bits per heavy atom. The van der Waals surface area contributed by atoms with E-state index in [1.807, 2.05) is 0 Å². The molecule has 4 heterocycles. The summed E-state index contributed by atoms with van der Waals surface area (Å²) in [6.45, 7) is -2.83. The van der Waals surface area contributed by atoms with E-state index in [1.165, 1.54) is 41.6 Å². The second kappa shape index (κ2) is 10.9. The number of nitrogens with zero attached hydrogens (tertiary/aromatic N) is 10. The molecule has 0 saturated carbocycles. The largest absolute Gasteiger partial charge is 0.334 e. The summed E-state index contributed by atoms with van der Waals surface area (Å²) in [5, 5.41) is 22.7.